The van der Waals surface area contributed by atoms with Crippen LogP contribution in [0.5, 0.6) is 11.6 Å². The van der Waals surface area contributed by atoms with E-state index in [0.717, 1.165) is 22.3 Å². The molecule has 2 aromatic carbocycles. The lowest BCUT2D eigenvalue weighted by atomic mass is 10.0. The summed E-state index contributed by atoms with van der Waals surface area (Å²) in [6.45, 7) is 4.32. The summed E-state index contributed by atoms with van der Waals surface area (Å²) in [5.74, 6) is 1.35. The van der Waals surface area contributed by atoms with Crippen molar-refractivity contribution < 1.29 is 9.84 Å². The van der Waals surface area contributed by atoms with Gasteiger partial charge in [0.25, 0.3) is 0 Å². The summed E-state index contributed by atoms with van der Waals surface area (Å²) in [7, 11) is 1.62. The molecular formula is C19H20N2O2. The Balaban J connectivity index is 1.95. The first-order valence-corrected chi connectivity index (χ1v) is 7.61. The van der Waals surface area contributed by atoms with Crippen LogP contribution in [0.15, 0.2) is 47.5 Å². The third kappa shape index (κ3) is 3.06. The van der Waals surface area contributed by atoms with E-state index in [9.17, 15) is 5.11 Å². The smallest absolute Gasteiger partial charge is 0.198 e. The maximum Gasteiger partial charge on any atom is 0.198 e. The van der Waals surface area contributed by atoms with Crippen molar-refractivity contribution in [2.75, 3.05) is 7.11 Å². The second kappa shape index (κ2) is 6.16. The SMILES string of the molecule is COc1ccc2[nH]c(O)c(C=Nc3ccc(C(C)C)cc3)c2c1. The van der Waals surface area contributed by atoms with E-state index < -0.39 is 0 Å². The Bertz CT molecular complexity index is 846. The van der Waals surface area contributed by atoms with E-state index in [2.05, 4.69) is 36.0 Å². The van der Waals surface area contributed by atoms with Crippen LogP contribution in [0.4, 0.5) is 5.69 Å². The van der Waals surface area contributed by atoms with E-state index in [4.69, 9.17) is 4.74 Å². The molecular weight excluding hydrogens is 288 g/mol. The van der Waals surface area contributed by atoms with E-state index in [1.165, 1.54) is 5.56 Å². The van der Waals surface area contributed by atoms with Crippen molar-refractivity contribution in [3.05, 3.63) is 53.6 Å². The summed E-state index contributed by atoms with van der Waals surface area (Å²) in [5.41, 5.74) is 3.64. The highest BCUT2D eigenvalue weighted by atomic mass is 16.5. The predicted molar refractivity (Wildman–Crippen MR) is 94.3 cm³/mol. The highest BCUT2D eigenvalue weighted by molar-refractivity contribution is 6.03. The Morgan fingerprint density at radius 3 is 2.52 bits per heavy atom. The average Bonchev–Trinajstić information content (AvgIpc) is 2.87. The van der Waals surface area contributed by atoms with Crippen molar-refractivity contribution in [3.8, 4) is 11.6 Å². The number of nitrogens with one attached hydrogen (secondary N) is 1. The van der Waals surface area contributed by atoms with Crippen molar-refractivity contribution in [2.24, 2.45) is 4.99 Å². The number of aromatic hydroxyl groups is 1. The van der Waals surface area contributed by atoms with Gasteiger partial charge in [-0.15, -0.1) is 0 Å². The summed E-state index contributed by atoms with van der Waals surface area (Å²) >= 11 is 0. The van der Waals surface area contributed by atoms with Crippen LogP contribution in [0.3, 0.4) is 0 Å². The minimum Gasteiger partial charge on any atom is -0.497 e. The topological polar surface area (TPSA) is 57.6 Å². The Labute approximate surface area is 135 Å². The Morgan fingerprint density at radius 1 is 1.13 bits per heavy atom. The number of hydrogen-bond acceptors (Lipinski definition) is 3. The second-order valence-corrected chi connectivity index (χ2v) is 5.80. The fourth-order valence-electron chi connectivity index (χ4n) is 2.52. The monoisotopic (exact) mass is 308 g/mol. The zero-order chi connectivity index (χ0) is 16.4. The lowest BCUT2D eigenvalue weighted by Crippen LogP contribution is -1.85. The van der Waals surface area contributed by atoms with Crippen LogP contribution in [-0.2, 0) is 0 Å². The molecule has 23 heavy (non-hydrogen) atoms. The van der Waals surface area contributed by atoms with Crippen molar-refractivity contribution >= 4 is 22.8 Å². The molecule has 0 aliphatic rings. The maximum absolute atomic E-state index is 10.1. The third-order valence-corrected chi connectivity index (χ3v) is 3.93. The molecule has 0 saturated heterocycles. The van der Waals surface area contributed by atoms with Crippen LogP contribution in [-0.4, -0.2) is 23.4 Å². The lowest BCUT2D eigenvalue weighted by molar-refractivity contribution is 0.415. The van der Waals surface area contributed by atoms with Gasteiger partial charge in [-0.2, -0.15) is 0 Å². The van der Waals surface area contributed by atoms with Gasteiger partial charge in [-0.25, -0.2) is 0 Å². The lowest BCUT2D eigenvalue weighted by Gasteiger charge is -2.04. The number of rotatable bonds is 4. The zero-order valence-electron chi connectivity index (χ0n) is 13.5. The Kier molecular flexibility index (Phi) is 4.06. The normalized spacial score (nSPS) is 11.7. The van der Waals surface area contributed by atoms with Crippen molar-refractivity contribution in [2.45, 2.75) is 19.8 Å². The van der Waals surface area contributed by atoms with E-state index in [1.807, 2.05) is 30.3 Å². The number of aliphatic imine (C=N–C) groups is 1. The number of hydrogen-bond donors (Lipinski definition) is 2. The molecule has 4 nitrogen and oxygen atoms in total. The van der Waals surface area contributed by atoms with Gasteiger partial charge in [-0.3, -0.25) is 4.99 Å². The van der Waals surface area contributed by atoms with Crippen molar-refractivity contribution in [1.29, 1.82) is 0 Å². The molecule has 3 aromatic rings. The molecule has 0 aliphatic heterocycles. The third-order valence-electron chi connectivity index (χ3n) is 3.93. The minimum absolute atomic E-state index is 0.107. The van der Waals surface area contributed by atoms with E-state index in [0.29, 0.717) is 11.5 Å². The molecule has 0 fully saturated rings. The van der Waals surface area contributed by atoms with Crippen molar-refractivity contribution in [1.82, 2.24) is 4.98 Å². The standard InChI is InChI=1S/C19H20N2O2/c1-12(2)13-4-6-14(7-5-13)20-11-17-16-10-15(23-3)8-9-18(16)21-19(17)22/h4-12,21-22H,1-3H3. The van der Waals surface area contributed by atoms with Gasteiger partial charge in [0.1, 0.15) is 5.75 Å². The number of benzene rings is 2. The van der Waals surface area contributed by atoms with E-state index in [1.54, 1.807) is 13.3 Å². The molecule has 0 spiro atoms. The van der Waals surface area contributed by atoms with Gasteiger partial charge in [-0.05, 0) is 41.8 Å². The fraction of sp³-hybridized carbons (Fsp3) is 0.211. The molecule has 0 unspecified atom stereocenters. The molecule has 0 atom stereocenters. The van der Waals surface area contributed by atoms with Gasteiger partial charge in [0.2, 0.25) is 0 Å². The molecule has 1 heterocycles. The fourth-order valence-corrected chi connectivity index (χ4v) is 2.52. The molecule has 0 aliphatic carbocycles. The summed E-state index contributed by atoms with van der Waals surface area (Å²) in [4.78, 5) is 7.42. The van der Waals surface area contributed by atoms with Crippen LogP contribution >= 0.6 is 0 Å². The summed E-state index contributed by atoms with van der Waals surface area (Å²) in [5, 5.41) is 11.0. The first-order chi connectivity index (χ1) is 11.1. The second-order valence-electron chi connectivity index (χ2n) is 5.80. The molecule has 118 valence electrons. The van der Waals surface area contributed by atoms with Crippen molar-refractivity contribution in [3.63, 3.8) is 0 Å². The molecule has 0 bridgehead atoms. The van der Waals surface area contributed by atoms with Gasteiger partial charge in [0.15, 0.2) is 5.88 Å². The largest absolute Gasteiger partial charge is 0.497 e. The molecule has 2 N–H and O–H groups in total. The van der Waals surface area contributed by atoms with Crippen LogP contribution in [0.25, 0.3) is 10.9 Å². The molecule has 0 amide bonds. The van der Waals surface area contributed by atoms with Gasteiger partial charge >= 0.3 is 0 Å². The highest BCUT2D eigenvalue weighted by Crippen LogP contribution is 2.29. The predicted octanol–water partition coefficient (Wildman–Crippen LogP) is 4.76. The quantitative estimate of drug-likeness (QED) is 0.683. The number of aromatic nitrogens is 1. The van der Waals surface area contributed by atoms with Crippen LogP contribution < -0.4 is 4.74 Å². The summed E-state index contributed by atoms with van der Waals surface area (Å²) in [6, 6.07) is 13.7. The summed E-state index contributed by atoms with van der Waals surface area (Å²) in [6.07, 6.45) is 1.68. The minimum atomic E-state index is 0.107. The van der Waals surface area contributed by atoms with Crippen LogP contribution in [0, 0.1) is 0 Å². The van der Waals surface area contributed by atoms with Gasteiger partial charge in [-0.1, -0.05) is 26.0 Å². The number of ether oxygens (including phenoxy) is 1. The molecule has 0 saturated carbocycles. The van der Waals surface area contributed by atoms with Gasteiger partial charge in [0, 0.05) is 17.1 Å². The Hall–Kier alpha value is -2.75. The highest BCUT2D eigenvalue weighted by Gasteiger charge is 2.09. The number of H-pyrrole nitrogens is 1. The molecule has 1 aromatic heterocycles. The maximum atomic E-state index is 10.1. The van der Waals surface area contributed by atoms with Crippen LogP contribution in [0.1, 0.15) is 30.9 Å². The van der Waals surface area contributed by atoms with Gasteiger partial charge < -0.3 is 14.8 Å². The molecule has 0 radical (unpaired) electrons. The first kappa shape index (κ1) is 15.2. The number of fused-ring (bicyclic) bond motifs is 1. The average molecular weight is 308 g/mol. The van der Waals surface area contributed by atoms with E-state index in [-0.39, 0.29) is 5.88 Å². The molecule has 3 rings (SSSR count). The van der Waals surface area contributed by atoms with Crippen LogP contribution in [0.2, 0.25) is 0 Å². The number of methoxy groups -OCH3 is 1. The van der Waals surface area contributed by atoms with E-state index >= 15 is 0 Å². The number of aromatic amines is 1. The summed E-state index contributed by atoms with van der Waals surface area (Å²) < 4.78 is 5.24. The number of nitrogens with zero attached hydrogens (tertiary/aromatic N) is 1. The molecule has 4 heteroatoms. The zero-order valence-corrected chi connectivity index (χ0v) is 13.5. The van der Waals surface area contributed by atoms with Gasteiger partial charge in [0.05, 0.1) is 18.4 Å². The Morgan fingerprint density at radius 2 is 1.87 bits per heavy atom. The first-order valence-electron chi connectivity index (χ1n) is 7.61.